The maximum absolute atomic E-state index is 13.5. The fraction of sp³-hybridized carbons (Fsp3) is 0.250. The van der Waals surface area contributed by atoms with Crippen LogP contribution in [0.2, 0.25) is 5.02 Å². The van der Waals surface area contributed by atoms with Crippen molar-refractivity contribution < 1.29 is 4.39 Å². The Bertz CT molecular complexity index is 959. The van der Waals surface area contributed by atoms with Gasteiger partial charge < -0.3 is 0 Å². The van der Waals surface area contributed by atoms with Crippen molar-refractivity contribution in [3.63, 3.8) is 0 Å². The van der Waals surface area contributed by atoms with Gasteiger partial charge in [-0.1, -0.05) is 11.6 Å². The highest BCUT2D eigenvalue weighted by Gasteiger charge is 2.21. The van der Waals surface area contributed by atoms with Crippen molar-refractivity contribution in [3.05, 3.63) is 52.1 Å². The van der Waals surface area contributed by atoms with Crippen LogP contribution in [0.1, 0.15) is 18.7 Å². The van der Waals surface area contributed by atoms with Crippen LogP contribution in [0, 0.1) is 12.7 Å². The summed E-state index contributed by atoms with van der Waals surface area (Å²) in [4.78, 5) is 18.4. The predicted molar refractivity (Wildman–Crippen MR) is 90.8 cm³/mol. The molecule has 0 N–H and O–H groups in total. The summed E-state index contributed by atoms with van der Waals surface area (Å²) in [7, 11) is 0. The van der Waals surface area contributed by atoms with E-state index in [1.807, 2.05) is 10.9 Å². The van der Waals surface area contributed by atoms with E-state index in [-0.39, 0.29) is 5.02 Å². The van der Waals surface area contributed by atoms with Gasteiger partial charge in [0, 0.05) is 5.56 Å². The number of nitrogens with zero attached hydrogens (tertiary/aromatic N) is 5. The molecule has 24 heavy (non-hydrogen) atoms. The Morgan fingerprint density at radius 1 is 1.29 bits per heavy atom. The normalized spacial score (nSPS) is 15.0. The number of hydrogen-bond donors (Lipinski definition) is 0. The van der Waals surface area contributed by atoms with Gasteiger partial charge in [-0.15, -0.1) is 0 Å². The molecule has 3 aromatic rings. The number of hydrogen-bond acceptors (Lipinski definition) is 5. The third-order valence-electron chi connectivity index (χ3n) is 3.59. The van der Waals surface area contributed by atoms with Crippen molar-refractivity contribution in [1.29, 1.82) is 0 Å². The van der Waals surface area contributed by atoms with Crippen LogP contribution >= 0.6 is 23.1 Å². The number of halogens is 2. The zero-order valence-electron chi connectivity index (χ0n) is 12.8. The zero-order chi connectivity index (χ0) is 16.7. The maximum Gasteiger partial charge on any atom is 0.223 e. The van der Waals surface area contributed by atoms with Gasteiger partial charge in [-0.05, 0) is 49.5 Å². The molecule has 0 unspecified atom stereocenters. The van der Waals surface area contributed by atoms with Crippen molar-refractivity contribution in [2.75, 3.05) is 0 Å². The van der Waals surface area contributed by atoms with Crippen LogP contribution in [0.15, 0.2) is 35.6 Å². The van der Waals surface area contributed by atoms with Crippen molar-refractivity contribution in [1.82, 2.24) is 18.9 Å². The van der Waals surface area contributed by atoms with Crippen molar-refractivity contribution >= 4 is 23.1 Å². The molecule has 2 heterocycles. The number of aryl methyl sites for hydroxylation is 1. The number of benzene rings is 1. The monoisotopic (exact) mass is 361 g/mol. The van der Waals surface area contributed by atoms with Crippen molar-refractivity contribution in [2.24, 2.45) is 4.99 Å². The summed E-state index contributed by atoms with van der Waals surface area (Å²) in [6, 6.07) is 4.93. The number of aromatic nitrogens is 4. The third-order valence-corrected chi connectivity index (χ3v) is 4.80. The van der Waals surface area contributed by atoms with Gasteiger partial charge in [0.25, 0.3) is 0 Å². The Morgan fingerprint density at radius 3 is 2.71 bits per heavy atom. The van der Waals surface area contributed by atoms with E-state index in [1.165, 1.54) is 17.6 Å². The molecule has 5 nitrogen and oxygen atoms in total. The van der Waals surface area contributed by atoms with Crippen molar-refractivity contribution in [3.8, 4) is 17.1 Å². The molecule has 0 saturated heterocycles. The van der Waals surface area contributed by atoms with Gasteiger partial charge in [0.05, 0.1) is 29.1 Å². The van der Waals surface area contributed by atoms with Crippen molar-refractivity contribution in [2.45, 2.75) is 25.8 Å². The Morgan fingerprint density at radius 2 is 2.04 bits per heavy atom. The van der Waals surface area contributed by atoms with Crippen LogP contribution in [0.4, 0.5) is 4.39 Å². The lowest BCUT2D eigenvalue weighted by Gasteiger charge is -2.06. The van der Waals surface area contributed by atoms with Gasteiger partial charge in [-0.3, -0.25) is 4.99 Å². The topological polar surface area (TPSA) is 56.0 Å². The summed E-state index contributed by atoms with van der Waals surface area (Å²) in [5.41, 5.74) is 1.50. The molecule has 4 rings (SSSR count). The first-order valence-electron chi connectivity index (χ1n) is 7.49. The first-order chi connectivity index (χ1) is 11.6. The molecule has 0 amide bonds. The predicted octanol–water partition coefficient (Wildman–Crippen LogP) is 3.55. The van der Waals surface area contributed by atoms with Crippen LogP contribution < -0.4 is 4.80 Å². The fourth-order valence-corrected chi connectivity index (χ4v) is 3.28. The van der Waals surface area contributed by atoms with E-state index >= 15 is 0 Å². The highest BCUT2D eigenvalue weighted by Crippen LogP contribution is 2.27. The molecular weight excluding hydrogens is 349 g/mol. The Kier molecular flexibility index (Phi) is 3.90. The highest BCUT2D eigenvalue weighted by atomic mass is 35.5. The lowest BCUT2D eigenvalue weighted by Crippen LogP contribution is -2.00. The van der Waals surface area contributed by atoms with E-state index in [9.17, 15) is 4.39 Å². The third kappa shape index (κ3) is 3.09. The number of rotatable bonds is 3. The summed E-state index contributed by atoms with van der Waals surface area (Å²) in [5.74, 6) is 0.885. The molecule has 1 aliphatic rings. The standard InChI is InChI=1S/C16H13ClFN5S/c1-9-19-7-12(8-20-9)23-15(10-2-5-14(18)13(17)6-10)22-16(24-23)21-11-3-4-11/h2,5-8,11H,3-4H2,1H3. The van der Waals surface area contributed by atoms with E-state index in [1.54, 1.807) is 24.5 Å². The summed E-state index contributed by atoms with van der Waals surface area (Å²) >= 11 is 7.34. The van der Waals surface area contributed by atoms with Crippen LogP contribution in [0.25, 0.3) is 17.1 Å². The minimum atomic E-state index is -0.455. The van der Waals surface area contributed by atoms with Gasteiger partial charge in [0.2, 0.25) is 4.80 Å². The second-order valence-corrected chi connectivity index (χ2v) is 6.90. The largest absolute Gasteiger partial charge is 0.253 e. The second kappa shape index (κ2) is 6.07. The van der Waals surface area contributed by atoms with Gasteiger partial charge in [0.15, 0.2) is 5.82 Å². The molecule has 122 valence electrons. The average molecular weight is 362 g/mol. The molecule has 1 fully saturated rings. The van der Waals surface area contributed by atoms with E-state index in [0.717, 1.165) is 24.1 Å². The summed E-state index contributed by atoms with van der Waals surface area (Å²) in [5, 5.41) is 0.0629. The van der Waals surface area contributed by atoms with Gasteiger partial charge in [0.1, 0.15) is 11.6 Å². The molecule has 0 atom stereocenters. The summed E-state index contributed by atoms with van der Waals surface area (Å²) in [6.07, 6.45) is 5.67. The zero-order valence-corrected chi connectivity index (χ0v) is 14.4. The van der Waals surface area contributed by atoms with Crippen LogP contribution in [0.3, 0.4) is 0 Å². The minimum Gasteiger partial charge on any atom is -0.253 e. The summed E-state index contributed by atoms with van der Waals surface area (Å²) in [6.45, 7) is 1.83. The van der Waals surface area contributed by atoms with E-state index in [4.69, 9.17) is 11.6 Å². The van der Waals surface area contributed by atoms with Gasteiger partial charge in [-0.25, -0.2) is 18.3 Å². The minimum absolute atomic E-state index is 0.0629. The van der Waals surface area contributed by atoms with Gasteiger partial charge >= 0.3 is 0 Å². The lowest BCUT2D eigenvalue weighted by atomic mass is 10.2. The smallest absolute Gasteiger partial charge is 0.223 e. The molecule has 0 aliphatic heterocycles. The molecule has 1 aromatic carbocycles. The lowest BCUT2D eigenvalue weighted by molar-refractivity contribution is 0.628. The highest BCUT2D eigenvalue weighted by molar-refractivity contribution is 7.04. The van der Waals surface area contributed by atoms with Gasteiger partial charge in [-0.2, -0.15) is 4.98 Å². The maximum atomic E-state index is 13.5. The first-order valence-corrected chi connectivity index (χ1v) is 8.64. The molecule has 1 saturated carbocycles. The molecular formula is C16H13ClFN5S. The summed E-state index contributed by atoms with van der Waals surface area (Å²) < 4.78 is 15.4. The van der Waals surface area contributed by atoms with E-state index in [0.29, 0.717) is 22.5 Å². The van der Waals surface area contributed by atoms with Crippen LogP contribution in [0.5, 0.6) is 0 Å². The van der Waals surface area contributed by atoms with Crippen LogP contribution in [-0.4, -0.2) is 25.0 Å². The average Bonchev–Trinajstić information content (AvgIpc) is 3.28. The molecule has 1 aliphatic carbocycles. The Hall–Kier alpha value is -2.12. The molecule has 8 heteroatoms. The Balaban J connectivity index is 1.88. The Labute approximate surface area is 146 Å². The molecule has 0 spiro atoms. The SMILES string of the molecule is Cc1ncc(-n2sc(=NC3CC3)nc2-c2ccc(F)c(Cl)c2)cn1. The molecule has 0 bridgehead atoms. The quantitative estimate of drug-likeness (QED) is 0.716. The first kappa shape index (κ1) is 15.4. The van der Waals surface area contributed by atoms with E-state index in [2.05, 4.69) is 19.9 Å². The van der Waals surface area contributed by atoms with E-state index < -0.39 is 5.82 Å². The molecule has 0 radical (unpaired) electrons. The fourth-order valence-electron chi connectivity index (χ4n) is 2.18. The van der Waals surface area contributed by atoms with Crippen LogP contribution in [-0.2, 0) is 0 Å². The second-order valence-electron chi connectivity index (χ2n) is 5.58. The molecule has 2 aromatic heterocycles.